The Kier molecular flexibility index (Phi) is 2.95. The molecule has 84 valence electrons. The standard InChI is InChI=1S/C13H17N3/c1-3-6-11-7-4-5-8-12(11)16-10(2)9-13(14)15-16/h4-5,7-9H,3,6H2,1-2H3,(H2,14,15). The van der Waals surface area contributed by atoms with Crippen molar-refractivity contribution in [2.45, 2.75) is 26.7 Å². The summed E-state index contributed by atoms with van der Waals surface area (Å²) in [5, 5.41) is 4.32. The molecule has 0 unspecified atom stereocenters. The van der Waals surface area contributed by atoms with E-state index < -0.39 is 0 Å². The summed E-state index contributed by atoms with van der Waals surface area (Å²) in [6.45, 7) is 4.20. The van der Waals surface area contributed by atoms with Gasteiger partial charge in [0, 0.05) is 11.8 Å². The number of hydrogen-bond donors (Lipinski definition) is 1. The predicted molar refractivity (Wildman–Crippen MR) is 66.7 cm³/mol. The van der Waals surface area contributed by atoms with Crippen molar-refractivity contribution in [1.82, 2.24) is 9.78 Å². The van der Waals surface area contributed by atoms with Crippen LogP contribution in [0.4, 0.5) is 5.82 Å². The van der Waals surface area contributed by atoms with Gasteiger partial charge in [-0.1, -0.05) is 31.5 Å². The summed E-state index contributed by atoms with van der Waals surface area (Å²) in [6.07, 6.45) is 2.20. The Morgan fingerprint density at radius 2 is 2.06 bits per heavy atom. The van der Waals surface area contributed by atoms with Gasteiger partial charge in [0.2, 0.25) is 0 Å². The topological polar surface area (TPSA) is 43.8 Å². The molecule has 0 fully saturated rings. The van der Waals surface area contributed by atoms with Crippen molar-refractivity contribution in [3.05, 3.63) is 41.6 Å². The van der Waals surface area contributed by atoms with Crippen molar-refractivity contribution >= 4 is 5.82 Å². The summed E-state index contributed by atoms with van der Waals surface area (Å²) in [6, 6.07) is 10.2. The van der Waals surface area contributed by atoms with Gasteiger partial charge in [-0.15, -0.1) is 0 Å². The number of rotatable bonds is 3. The lowest BCUT2D eigenvalue weighted by Gasteiger charge is -2.09. The van der Waals surface area contributed by atoms with Crippen LogP contribution in [0.5, 0.6) is 0 Å². The zero-order chi connectivity index (χ0) is 11.5. The average Bonchev–Trinajstić information content (AvgIpc) is 2.59. The number of para-hydroxylation sites is 1. The molecular weight excluding hydrogens is 198 g/mol. The maximum absolute atomic E-state index is 5.71. The second kappa shape index (κ2) is 4.39. The van der Waals surface area contributed by atoms with E-state index in [1.165, 1.54) is 5.56 Å². The molecule has 0 saturated carbocycles. The lowest BCUT2D eigenvalue weighted by molar-refractivity contribution is 0.820. The number of hydrogen-bond acceptors (Lipinski definition) is 2. The normalized spacial score (nSPS) is 10.6. The number of benzene rings is 1. The summed E-state index contributed by atoms with van der Waals surface area (Å²) in [5.74, 6) is 0.573. The van der Waals surface area contributed by atoms with Crippen LogP contribution in [0.2, 0.25) is 0 Å². The van der Waals surface area contributed by atoms with Gasteiger partial charge in [-0.05, 0) is 25.0 Å². The molecule has 2 aromatic rings. The molecule has 1 heterocycles. The van der Waals surface area contributed by atoms with E-state index in [2.05, 4.69) is 30.2 Å². The van der Waals surface area contributed by atoms with Crippen LogP contribution < -0.4 is 5.73 Å². The number of nitrogens with two attached hydrogens (primary N) is 1. The van der Waals surface area contributed by atoms with Crippen molar-refractivity contribution in [3.63, 3.8) is 0 Å². The van der Waals surface area contributed by atoms with Gasteiger partial charge in [-0.25, -0.2) is 4.68 Å². The molecule has 3 nitrogen and oxygen atoms in total. The van der Waals surface area contributed by atoms with Gasteiger partial charge in [0.25, 0.3) is 0 Å². The molecule has 2 N–H and O–H groups in total. The van der Waals surface area contributed by atoms with Crippen LogP contribution in [-0.2, 0) is 6.42 Å². The average molecular weight is 215 g/mol. The molecule has 3 heteroatoms. The van der Waals surface area contributed by atoms with E-state index in [0.717, 1.165) is 24.2 Å². The van der Waals surface area contributed by atoms with Crippen molar-refractivity contribution in [3.8, 4) is 5.69 Å². The van der Waals surface area contributed by atoms with Crippen LogP contribution in [0.25, 0.3) is 5.69 Å². The molecule has 0 amide bonds. The maximum Gasteiger partial charge on any atom is 0.146 e. The molecule has 0 atom stereocenters. The van der Waals surface area contributed by atoms with E-state index >= 15 is 0 Å². The van der Waals surface area contributed by atoms with Gasteiger partial charge in [0.05, 0.1) is 5.69 Å². The third-order valence-electron chi connectivity index (χ3n) is 2.65. The minimum absolute atomic E-state index is 0.573. The zero-order valence-corrected chi connectivity index (χ0v) is 9.77. The van der Waals surface area contributed by atoms with Gasteiger partial charge in [-0.3, -0.25) is 0 Å². The monoisotopic (exact) mass is 215 g/mol. The Labute approximate surface area is 95.9 Å². The Hall–Kier alpha value is -1.77. The van der Waals surface area contributed by atoms with E-state index in [0.29, 0.717) is 5.82 Å². The number of aromatic nitrogens is 2. The Morgan fingerprint density at radius 1 is 1.31 bits per heavy atom. The largest absolute Gasteiger partial charge is 0.382 e. The first-order valence-electron chi connectivity index (χ1n) is 5.62. The maximum atomic E-state index is 5.71. The van der Waals surface area contributed by atoms with Crippen LogP contribution >= 0.6 is 0 Å². The van der Waals surface area contributed by atoms with Crippen molar-refractivity contribution in [2.24, 2.45) is 0 Å². The van der Waals surface area contributed by atoms with Crippen molar-refractivity contribution < 1.29 is 0 Å². The lowest BCUT2D eigenvalue weighted by atomic mass is 10.1. The van der Waals surface area contributed by atoms with Crippen LogP contribution in [0.1, 0.15) is 24.6 Å². The molecule has 0 aliphatic heterocycles. The molecule has 0 radical (unpaired) electrons. The van der Waals surface area contributed by atoms with Gasteiger partial charge >= 0.3 is 0 Å². The molecule has 2 rings (SSSR count). The minimum atomic E-state index is 0.573. The number of nitrogen functional groups attached to an aromatic ring is 1. The zero-order valence-electron chi connectivity index (χ0n) is 9.77. The van der Waals surface area contributed by atoms with Crippen LogP contribution in [0.15, 0.2) is 30.3 Å². The van der Waals surface area contributed by atoms with Gasteiger partial charge < -0.3 is 5.73 Å². The second-order valence-electron chi connectivity index (χ2n) is 4.00. The SMILES string of the molecule is CCCc1ccccc1-n1nc(N)cc1C. The van der Waals surface area contributed by atoms with Crippen LogP contribution in [0.3, 0.4) is 0 Å². The van der Waals surface area contributed by atoms with E-state index in [4.69, 9.17) is 5.73 Å². The molecular formula is C13H17N3. The van der Waals surface area contributed by atoms with Crippen LogP contribution in [-0.4, -0.2) is 9.78 Å². The van der Waals surface area contributed by atoms with Gasteiger partial charge in [-0.2, -0.15) is 5.10 Å². The Balaban J connectivity index is 2.50. The predicted octanol–water partition coefficient (Wildman–Crippen LogP) is 2.72. The van der Waals surface area contributed by atoms with Crippen molar-refractivity contribution in [2.75, 3.05) is 5.73 Å². The first-order chi connectivity index (χ1) is 7.72. The Bertz CT molecular complexity index is 486. The highest BCUT2D eigenvalue weighted by Gasteiger charge is 2.07. The Morgan fingerprint density at radius 3 is 2.69 bits per heavy atom. The lowest BCUT2D eigenvalue weighted by Crippen LogP contribution is -2.03. The van der Waals surface area contributed by atoms with E-state index in [9.17, 15) is 0 Å². The fourth-order valence-electron chi connectivity index (χ4n) is 1.94. The fraction of sp³-hybridized carbons (Fsp3) is 0.308. The third-order valence-corrected chi connectivity index (χ3v) is 2.65. The molecule has 0 aliphatic carbocycles. The number of anilines is 1. The van der Waals surface area contributed by atoms with E-state index in [1.807, 2.05) is 23.7 Å². The number of nitrogens with zero attached hydrogens (tertiary/aromatic N) is 2. The van der Waals surface area contributed by atoms with E-state index in [-0.39, 0.29) is 0 Å². The summed E-state index contributed by atoms with van der Waals surface area (Å²) in [4.78, 5) is 0. The highest BCUT2D eigenvalue weighted by molar-refractivity contribution is 5.44. The summed E-state index contributed by atoms with van der Waals surface area (Å²) >= 11 is 0. The fourth-order valence-corrected chi connectivity index (χ4v) is 1.94. The molecule has 16 heavy (non-hydrogen) atoms. The quantitative estimate of drug-likeness (QED) is 0.855. The molecule has 0 saturated heterocycles. The second-order valence-corrected chi connectivity index (χ2v) is 4.00. The van der Waals surface area contributed by atoms with Gasteiger partial charge in [0.1, 0.15) is 5.82 Å². The van der Waals surface area contributed by atoms with E-state index in [1.54, 1.807) is 0 Å². The summed E-state index contributed by atoms with van der Waals surface area (Å²) in [7, 11) is 0. The molecule has 1 aromatic heterocycles. The smallest absolute Gasteiger partial charge is 0.146 e. The minimum Gasteiger partial charge on any atom is -0.382 e. The first kappa shape index (κ1) is 10.7. The highest BCUT2D eigenvalue weighted by atomic mass is 15.3. The third kappa shape index (κ3) is 1.94. The molecule has 0 bridgehead atoms. The molecule has 1 aromatic carbocycles. The summed E-state index contributed by atoms with van der Waals surface area (Å²) in [5.41, 5.74) is 9.23. The van der Waals surface area contributed by atoms with Crippen LogP contribution in [0, 0.1) is 6.92 Å². The van der Waals surface area contributed by atoms with Gasteiger partial charge in [0.15, 0.2) is 0 Å². The summed E-state index contributed by atoms with van der Waals surface area (Å²) < 4.78 is 1.92. The molecule has 0 spiro atoms. The first-order valence-corrected chi connectivity index (χ1v) is 5.62. The molecule has 0 aliphatic rings. The number of aryl methyl sites for hydroxylation is 2. The highest BCUT2D eigenvalue weighted by Crippen LogP contribution is 2.18. The van der Waals surface area contributed by atoms with Crippen molar-refractivity contribution in [1.29, 1.82) is 0 Å².